The Kier molecular flexibility index (Phi) is 6.72. The molecule has 0 radical (unpaired) electrons. The van der Waals surface area contributed by atoms with Crippen LogP contribution in [0.15, 0.2) is 82.3 Å². The van der Waals surface area contributed by atoms with Gasteiger partial charge in [0.05, 0.1) is 12.8 Å². The Bertz CT molecular complexity index is 1230. The van der Waals surface area contributed by atoms with E-state index in [4.69, 9.17) is 25.5 Å². The van der Waals surface area contributed by atoms with Crippen molar-refractivity contribution >= 4 is 34.7 Å². The average Bonchev–Trinajstić information content (AvgIpc) is 3.24. The molecule has 0 saturated heterocycles. The van der Waals surface area contributed by atoms with Gasteiger partial charge in [0.1, 0.15) is 12.2 Å². The van der Waals surface area contributed by atoms with Crippen molar-refractivity contribution in [3.63, 3.8) is 0 Å². The number of benzene rings is 3. The Morgan fingerprint density at radius 2 is 1.84 bits per heavy atom. The van der Waals surface area contributed by atoms with Crippen molar-refractivity contribution in [1.29, 1.82) is 0 Å². The number of carbonyl (C=O) groups is 1. The number of rotatable bonds is 8. The van der Waals surface area contributed by atoms with Crippen LogP contribution in [0.4, 0.5) is 0 Å². The van der Waals surface area contributed by atoms with E-state index < -0.39 is 5.91 Å². The van der Waals surface area contributed by atoms with Crippen molar-refractivity contribution in [3.8, 4) is 11.5 Å². The number of furan rings is 1. The molecule has 6 nitrogen and oxygen atoms in total. The Morgan fingerprint density at radius 1 is 1.03 bits per heavy atom. The van der Waals surface area contributed by atoms with Gasteiger partial charge in [0, 0.05) is 16.0 Å². The molecule has 7 heteroatoms. The molecule has 1 amide bonds. The van der Waals surface area contributed by atoms with Gasteiger partial charge in [-0.25, -0.2) is 5.43 Å². The number of hydrogen-bond acceptors (Lipinski definition) is 5. The van der Waals surface area contributed by atoms with Gasteiger partial charge in [0.25, 0.3) is 0 Å². The zero-order valence-corrected chi connectivity index (χ0v) is 18.1. The number of ether oxygens (including phenoxy) is 2. The van der Waals surface area contributed by atoms with Crippen LogP contribution in [0, 0.1) is 0 Å². The maximum atomic E-state index is 12.3. The van der Waals surface area contributed by atoms with Gasteiger partial charge in [-0.15, -0.1) is 0 Å². The predicted octanol–water partition coefficient (Wildman–Crippen LogP) is 5.83. The van der Waals surface area contributed by atoms with Crippen molar-refractivity contribution in [3.05, 3.63) is 94.7 Å². The van der Waals surface area contributed by atoms with E-state index in [2.05, 4.69) is 10.5 Å². The van der Waals surface area contributed by atoms with Gasteiger partial charge < -0.3 is 13.9 Å². The molecule has 1 aromatic heterocycles. The summed E-state index contributed by atoms with van der Waals surface area (Å²) in [5.74, 6) is 0.936. The Balaban J connectivity index is 1.42. The lowest BCUT2D eigenvalue weighted by atomic mass is 10.2. The molecular formula is C25H21ClN2O4. The number of nitrogens with zero attached hydrogens (tertiary/aromatic N) is 1. The molecule has 32 heavy (non-hydrogen) atoms. The molecular weight excluding hydrogens is 428 g/mol. The summed E-state index contributed by atoms with van der Waals surface area (Å²) in [5, 5.41) is 5.53. The minimum atomic E-state index is -0.429. The van der Waals surface area contributed by atoms with E-state index in [9.17, 15) is 4.79 Å². The van der Waals surface area contributed by atoms with Gasteiger partial charge in [-0.05, 0) is 48.9 Å². The van der Waals surface area contributed by atoms with Crippen LogP contribution in [0.5, 0.6) is 11.5 Å². The van der Waals surface area contributed by atoms with Crippen LogP contribution >= 0.6 is 11.6 Å². The Labute approximate surface area is 190 Å². The number of carbonyl (C=O) groups excluding carboxylic acids is 1. The zero-order chi connectivity index (χ0) is 22.3. The molecule has 4 aromatic rings. The fourth-order valence-corrected chi connectivity index (χ4v) is 3.27. The van der Waals surface area contributed by atoms with Gasteiger partial charge in [-0.3, -0.25) is 4.79 Å². The van der Waals surface area contributed by atoms with Crippen molar-refractivity contribution in [1.82, 2.24) is 5.43 Å². The quantitative estimate of drug-likeness (QED) is 0.272. The van der Waals surface area contributed by atoms with Gasteiger partial charge in [-0.2, -0.15) is 5.10 Å². The van der Waals surface area contributed by atoms with E-state index in [0.29, 0.717) is 35.3 Å². The highest BCUT2D eigenvalue weighted by molar-refractivity contribution is 6.31. The van der Waals surface area contributed by atoms with Crippen LogP contribution in [0.3, 0.4) is 0 Å². The molecule has 0 atom stereocenters. The van der Waals surface area contributed by atoms with Crippen molar-refractivity contribution in [2.45, 2.75) is 13.5 Å². The molecule has 0 aliphatic rings. The molecule has 1 heterocycles. The second-order valence-corrected chi connectivity index (χ2v) is 7.27. The first-order chi connectivity index (χ1) is 15.6. The maximum Gasteiger partial charge on any atom is 0.307 e. The van der Waals surface area contributed by atoms with Gasteiger partial charge in [-0.1, -0.05) is 48.0 Å². The third-order valence-electron chi connectivity index (χ3n) is 4.64. The normalized spacial score (nSPS) is 11.1. The van der Waals surface area contributed by atoms with E-state index in [1.54, 1.807) is 24.3 Å². The molecule has 0 fully saturated rings. The molecule has 162 valence electrons. The fraction of sp³-hybridized carbons (Fsp3) is 0.120. The molecule has 0 aliphatic heterocycles. The average molecular weight is 449 g/mol. The number of amides is 1. The first-order valence-electron chi connectivity index (χ1n) is 10.1. The van der Waals surface area contributed by atoms with Crippen molar-refractivity contribution in [2.24, 2.45) is 5.10 Å². The fourth-order valence-electron chi connectivity index (χ4n) is 3.08. The van der Waals surface area contributed by atoms with E-state index in [1.165, 1.54) is 6.21 Å². The Morgan fingerprint density at radius 3 is 2.66 bits per heavy atom. The summed E-state index contributed by atoms with van der Waals surface area (Å²) < 4.78 is 17.1. The van der Waals surface area contributed by atoms with Crippen LogP contribution in [-0.4, -0.2) is 18.7 Å². The monoisotopic (exact) mass is 448 g/mol. The number of halogens is 1. The van der Waals surface area contributed by atoms with Crippen LogP contribution < -0.4 is 14.9 Å². The molecule has 0 unspecified atom stereocenters. The summed E-state index contributed by atoms with van der Waals surface area (Å²) in [7, 11) is 0. The van der Waals surface area contributed by atoms with Crippen molar-refractivity contribution in [2.75, 3.05) is 6.61 Å². The Hall–Kier alpha value is -3.77. The smallest absolute Gasteiger partial charge is 0.307 e. The first kappa shape index (κ1) is 21.5. The second kappa shape index (κ2) is 10.0. The SMILES string of the molecule is CCOc1cc(/C=N/NC(=O)c2cc3ccccc3o2)ccc1OCc1ccccc1Cl. The minimum Gasteiger partial charge on any atom is -0.490 e. The third-order valence-corrected chi connectivity index (χ3v) is 5.01. The summed E-state index contributed by atoms with van der Waals surface area (Å²) in [5.41, 5.74) is 4.75. The molecule has 1 N–H and O–H groups in total. The summed E-state index contributed by atoms with van der Waals surface area (Å²) in [6.07, 6.45) is 1.53. The third kappa shape index (κ3) is 5.10. The van der Waals surface area contributed by atoms with E-state index >= 15 is 0 Å². The maximum absolute atomic E-state index is 12.3. The van der Waals surface area contributed by atoms with Gasteiger partial charge >= 0.3 is 5.91 Å². The van der Waals surface area contributed by atoms with E-state index in [0.717, 1.165) is 16.5 Å². The van der Waals surface area contributed by atoms with Crippen LogP contribution in [0.2, 0.25) is 5.02 Å². The largest absolute Gasteiger partial charge is 0.490 e. The van der Waals surface area contributed by atoms with E-state index in [1.807, 2.05) is 55.5 Å². The molecule has 3 aromatic carbocycles. The predicted molar refractivity (Wildman–Crippen MR) is 125 cm³/mol. The van der Waals surface area contributed by atoms with Crippen LogP contribution in [0.25, 0.3) is 11.0 Å². The topological polar surface area (TPSA) is 73.1 Å². The molecule has 0 bridgehead atoms. The van der Waals surface area contributed by atoms with Gasteiger partial charge in [0.15, 0.2) is 17.3 Å². The lowest BCUT2D eigenvalue weighted by Gasteiger charge is -2.13. The highest BCUT2D eigenvalue weighted by atomic mass is 35.5. The van der Waals surface area contributed by atoms with Crippen molar-refractivity contribution < 1.29 is 18.7 Å². The molecule has 0 spiro atoms. The van der Waals surface area contributed by atoms with Gasteiger partial charge in [0.2, 0.25) is 0 Å². The number of hydrogen-bond donors (Lipinski definition) is 1. The summed E-state index contributed by atoms with van der Waals surface area (Å²) in [6.45, 7) is 2.69. The standard InChI is InChI=1S/C25H21ClN2O4/c1-2-30-23-13-17(11-12-22(23)31-16-19-8-3-5-9-20(19)26)15-27-28-25(29)24-14-18-7-4-6-10-21(18)32-24/h3-15H,2,16H2,1H3,(H,28,29)/b27-15+. The van der Waals surface area contributed by atoms with Crippen LogP contribution in [-0.2, 0) is 6.61 Å². The molecule has 0 aliphatic carbocycles. The number of nitrogens with one attached hydrogen (secondary N) is 1. The van der Waals surface area contributed by atoms with Crippen LogP contribution in [0.1, 0.15) is 28.6 Å². The highest BCUT2D eigenvalue weighted by Gasteiger charge is 2.11. The minimum absolute atomic E-state index is 0.196. The molecule has 0 saturated carbocycles. The van der Waals surface area contributed by atoms with E-state index in [-0.39, 0.29) is 5.76 Å². The summed E-state index contributed by atoms with van der Waals surface area (Å²) in [4.78, 5) is 12.3. The highest BCUT2D eigenvalue weighted by Crippen LogP contribution is 2.29. The first-order valence-corrected chi connectivity index (χ1v) is 10.5. The number of hydrazone groups is 1. The zero-order valence-electron chi connectivity index (χ0n) is 17.4. The summed E-state index contributed by atoms with van der Waals surface area (Å²) in [6, 6.07) is 22.0. The molecule has 4 rings (SSSR count). The second-order valence-electron chi connectivity index (χ2n) is 6.87. The summed E-state index contributed by atoms with van der Waals surface area (Å²) >= 11 is 6.20. The lowest BCUT2D eigenvalue weighted by Crippen LogP contribution is -2.16. The number of fused-ring (bicyclic) bond motifs is 1. The number of para-hydroxylation sites is 1. The lowest BCUT2D eigenvalue weighted by molar-refractivity contribution is 0.0929.